The van der Waals surface area contributed by atoms with E-state index in [0.717, 1.165) is 27.8 Å². The van der Waals surface area contributed by atoms with Crippen LogP contribution in [0.15, 0.2) is 36.7 Å². The van der Waals surface area contributed by atoms with Crippen LogP contribution in [0.4, 0.5) is 11.6 Å². The van der Waals surface area contributed by atoms with E-state index in [1.807, 2.05) is 31.2 Å². The van der Waals surface area contributed by atoms with Crippen molar-refractivity contribution in [1.29, 1.82) is 0 Å². The molecule has 2 N–H and O–H groups in total. The lowest BCUT2D eigenvalue weighted by atomic mass is 10.0. The predicted molar refractivity (Wildman–Crippen MR) is 86.7 cm³/mol. The molecule has 3 aromatic rings. The van der Waals surface area contributed by atoms with Crippen molar-refractivity contribution in [2.75, 3.05) is 17.7 Å². The highest BCUT2D eigenvalue weighted by molar-refractivity contribution is 5.83. The molecule has 0 bridgehead atoms. The number of fused-ring (bicyclic) bond motifs is 1. The zero-order valence-electron chi connectivity index (χ0n) is 12.3. The molecule has 1 aromatic carbocycles. The number of carbonyl (C=O) groups excluding carboxylic acids is 1. The molecule has 0 fully saturated rings. The molecule has 0 atom stereocenters. The monoisotopic (exact) mass is 293 g/mol. The number of benzene rings is 1. The van der Waals surface area contributed by atoms with E-state index in [0.29, 0.717) is 18.0 Å². The van der Waals surface area contributed by atoms with E-state index in [-0.39, 0.29) is 0 Å². The summed E-state index contributed by atoms with van der Waals surface area (Å²) in [5.41, 5.74) is 4.46. The van der Waals surface area contributed by atoms with Gasteiger partial charge in [-0.05, 0) is 36.2 Å². The van der Waals surface area contributed by atoms with Gasteiger partial charge in [0.05, 0.1) is 0 Å². The number of carbonyl (C=O) groups is 1. The number of nitrogens with one attached hydrogen (secondary N) is 2. The summed E-state index contributed by atoms with van der Waals surface area (Å²) in [6.07, 6.45) is 4.19. The molecule has 110 valence electrons. The number of amides is 1. The van der Waals surface area contributed by atoms with Crippen LogP contribution >= 0.6 is 0 Å². The molecule has 6 heteroatoms. The van der Waals surface area contributed by atoms with E-state index in [9.17, 15) is 4.79 Å². The third-order valence-corrected chi connectivity index (χ3v) is 3.43. The van der Waals surface area contributed by atoms with Gasteiger partial charge >= 0.3 is 0 Å². The molecule has 1 amide bonds. The van der Waals surface area contributed by atoms with E-state index in [2.05, 4.69) is 25.6 Å². The SMILES string of the molecule is CNc1ncc2cc(-c3cc(NC=O)ccc3C)cnc2n1. The molecule has 22 heavy (non-hydrogen) atoms. The minimum absolute atomic E-state index is 0.543. The largest absolute Gasteiger partial charge is 0.357 e. The van der Waals surface area contributed by atoms with Crippen LogP contribution in [0.1, 0.15) is 5.56 Å². The van der Waals surface area contributed by atoms with Crippen LogP contribution in [0.5, 0.6) is 0 Å². The van der Waals surface area contributed by atoms with Gasteiger partial charge in [-0.25, -0.2) is 9.97 Å². The third kappa shape index (κ3) is 2.58. The average Bonchev–Trinajstić information content (AvgIpc) is 2.56. The predicted octanol–water partition coefficient (Wildman–Crippen LogP) is 2.61. The average molecular weight is 293 g/mol. The maximum atomic E-state index is 10.6. The van der Waals surface area contributed by atoms with Crippen LogP contribution in [0, 0.1) is 6.92 Å². The number of aromatic nitrogens is 3. The maximum absolute atomic E-state index is 10.6. The smallest absolute Gasteiger partial charge is 0.224 e. The third-order valence-electron chi connectivity index (χ3n) is 3.43. The summed E-state index contributed by atoms with van der Waals surface area (Å²) in [6.45, 7) is 2.02. The van der Waals surface area contributed by atoms with Crippen molar-refractivity contribution in [3.8, 4) is 11.1 Å². The second-order valence-electron chi connectivity index (χ2n) is 4.87. The van der Waals surface area contributed by atoms with Crippen LogP contribution in [0.25, 0.3) is 22.2 Å². The molecule has 3 rings (SSSR count). The van der Waals surface area contributed by atoms with E-state index < -0.39 is 0 Å². The topological polar surface area (TPSA) is 79.8 Å². The first-order valence-electron chi connectivity index (χ1n) is 6.83. The Balaban J connectivity index is 2.10. The summed E-state index contributed by atoms with van der Waals surface area (Å²) in [5.74, 6) is 0.543. The lowest BCUT2D eigenvalue weighted by Crippen LogP contribution is -1.98. The van der Waals surface area contributed by atoms with Crippen LogP contribution in [-0.2, 0) is 4.79 Å². The second kappa shape index (κ2) is 5.77. The van der Waals surface area contributed by atoms with Crippen molar-refractivity contribution >= 4 is 29.1 Å². The van der Waals surface area contributed by atoms with Crippen LogP contribution < -0.4 is 10.6 Å². The highest BCUT2D eigenvalue weighted by Crippen LogP contribution is 2.27. The zero-order valence-corrected chi connectivity index (χ0v) is 12.3. The molecule has 0 saturated carbocycles. The number of nitrogens with zero attached hydrogens (tertiary/aromatic N) is 3. The van der Waals surface area contributed by atoms with Crippen molar-refractivity contribution in [2.24, 2.45) is 0 Å². The van der Waals surface area contributed by atoms with Gasteiger partial charge < -0.3 is 10.6 Å². The second-order valence-corrected chi connectivity index (χ2v) is 4.87. The summed E-state index contributed by atoms with van der Waals surface area (Å²) in [4.78, 5) is 23.5. The molecule has 0 aliphatic rings. The van der Waals surface area contributed by atoms with E-state index in [1.54, 1.807) is 19.4 Å². The molecular formula is C16H15N5O. The van der Waals surface area contributed by atoms with Gasteiger partial charge in [0.2, 0.25) is 12.4 Å². The number of rotatable bonds is 4. The molecule has 2 aromatic heterocycles. The van der Waals surface area contributed by atoms with Gasteiger partial charge in [0.25, 0.3) is 0 Å². The van der Waals surface area contributed by atoms with Gasteiger partial charge in [-0.3, -0.25) is 4.79 Å². The fourth-order valence-corrected chi connectivity index (χ4v) is 2.28. The summed E-state index contributed by atoms with van der Waals surface area (Å²) in [6, 6.07) is 7.75. The number of pyridine rings is 1. The molecule has 0 radical (unpaired) electrons. The molecule has 0 saturated heterocycles. The Bertz CT molecular complexity index is 847. The normalized spacial score (nSPS) is 10.5. The number of aryl methyl sites for hydroxylation is 1. The van der Waals surface area contributed by atoms with Crippen molar-refractivity contribution < 1.29 is 4.79 Å². The van der Waals surface area contributed by atoms with Gasteiger partial charge in [-0.2, -0.15) is 4.98 Å². The number of anilines is 2. The van der Waals surface area contributed by atoms with Gasteiger partial charge in [0.1, 0.15) is 0 Å². The molecular weight excluding hydrogens is 278 g/mol. The summed E-state index contributed by atoms with van der Waals surface area (Å²) in [5, 5.41) is 6.42. The Morgan fingerprint density at radius 2 is 2.00 bits per heavy atom. The van der Waals surface area contributed by atoms with Gasteiger partial charge in [-0.15, -0.1) is 0 Å². The van der Waals surface area contributed by atoms with Crippen LogP contribution in [-0.4, -0.2) is 28.4 Å². The first kappa shape index (κ1) is 13.9. The Morgan fingerprint density at radius 1 is 1.14 bits per heavy atom. The molecule has 6 nitrogen and oxygen atoms in total. The molecule has 2 heterocycles. The first-order chi connectivity index (χ1) is 10.7. The van der Waals surface area contributed by atoms with Gasteiger partial charge in [0, 0.05) is 36.1 Å². The van der Waals surface area contributed by atoms with Crippen LogP contribution in [0.3, 0.4) is 0 Å². The Morgan fingerprint density at radius 3 is 2.77 bits per heavy atom. The fraction of sp³-hybridized carbons (Fsp3) is 0.125. The summed E-state index contributed by atoms with van der Waals surface area (Å²) >= 11 is 0. The maximum Gasteiger partial charge on any atom is 0.224 e. The highest BCUT2D eigenvalue weighted by Gasteiger charge is 2.07. The Kier molecular flexibility index (Phi) is 3.65. The number of hydrogen-bond donors (Lipinski definition) is 2. The van der Waals surface area contributed by atoms with Crippen LogP contribution in [0.2, 0.25) is 0 Å². The molecule has 0 spiro atoms. The summed E-state index contributed by atoms with van der Waals surface area (Å²) in [7, 11) is 1.77. The lowest BCUT2D eigenvalue weighted by Gasteiger charge is -2.09. The first-order valence-corrected chi connectivity index (χ1v) is 6.83. The highest BCUT2D eigenvalue weighted by atomic mass is 16.1. The van der Waals surface area contributed by atoms with Crippen molar-refractivity contribution in [2.45, 2.75) is 6.92 Å². The minimum Gasteiger partial charge on any atom is -0.357 e. The van der Waals surface area contributed by atoms with Crippen molar-refractivity contribution in [3.63, 3.8) is 0 Å². The Hall–Kier alpha value is -3.02. The quantitative estimate of drug-likeness (QED) is 0.723. The lowest BCUT2D eigenvalue weighted by molar-refractivity contribution is -0.105. The van der Waals surface area contributed by atoms with E-state index >= 15 is 0 Å². The molecule has 0 aliphatic carbocycles. The number of hydrogen-bond acceptors (Lipinski definition) is 5. The Labute approximate surface area is 127 Å². The minimum atomic E-state index is 0.543. The van der Waals surface area contributed by atoms with Crippen molar-refractivity contribution in [1.82, 2.24) is 15.0 Å². The van der Waals surface area contributed by atoms with Gasteiger partial charge in [-0.1, -0.05) is 6.07 Å². The van der Waals surface area contributed by atoms with E-state index in [1.165, 1.54) is 0 Å². The van der Waals surface area contributed by atoms with E-state index in [4.69, 9.17) is 0 Å². The molecule has 0 aliphatic heterocycles. The van der Waals surface area contributed by atoms with Crippen molar-refractivity contribution in [3.05, 3.63) is 42.2 Å². The molecule has 0 unspecified atom stereocenters. The fourth-order valence-electron chi connectivity index (χ4n) is 2.28. The van der Waals surface area contributed by atoms with Gasteiger partial charge in [0.15, 0.2) is 5.65 Å². The zero-order chi connectivity index (χ0) is 15.5. The summed E-state index contributed by atoms with van der Waals surface area (Å²) < 4.78 is 0. The standard InChI is InChI=1S/C16H15N5O/c1-10-3-4-13(20-9-22)6-14(10)11-5-12-8-19-16(17-2)21-15(12)18-7-11/h3-9H,1-2H3,(H,20,22)(H,17,18,19,21).